The molecule has 2 amide bonds. The van der Waals surface area contributed by atoms with Gasteiger partial charge in [0.25, 0.3) is 11.8 Å². The largest absolute Gasteiger partial charge is 0.454 e. The summed E-state index contributed by atoms with van der Waals surface area (Å²) >= 11 is 0. The minimum Gasteiger partial charge on any atom is -0.454 e. The van der Waals surface area contributed by atoms with Crippen molar-refractivity contribution >= 4 is 27.8 Å². The van der Waals surface area contributed by atoms with E-state index in [1.165, 1.54) is 28.6 Å². The number of nitrogens with zero attached hydrogens (tertiary/aromatic N) is 1. The maximum absolute atomic E-state index is 12.8. The highest BCUT2D eigenvalue weighted by Gasteiger charge is 2.28. The van der Waals surface area contributed by atoms with Crippen LogP contribution >= 0.6 is 0 Å². The van der Waals surface area contributed by atoms with Gasteiger partial charge in [-0.2, -0.15) is 4.31 Å². The topological polar surface area (TPSA) is 122 Å². The Kier molecular flexibility index (Phi) is 11.3. The van der Waals surface area contributed by atoms with Gasteiger partial charge in [-0.15, -0.1) is 0 Å². The first kappa shape index (κ1) is 27.6. The molecule has 0 saturated carbocycles. The highest BCUT2D eigenvalue weighted by molar-refractivity contribution is 7.89. The number of amides is 2. The molecule has 2 N–H and O–H groups in total. The molecule has 0 spiro atoms. The number of ether oxygens (including phenoxy) is 1. The lowest BCUT2D eigenvalue weighted by Crippen LogP contribution is -2.46. The smallest absolute Gasteiger partial charge is 0.329 e. The minimum atomic E-state index is -3.73. The average Bonchev–Trinajstić information content (AvgIpc) is 2.76. The van der Waals surface area contributed by atoms with Gasteiger partial charge in [0.2, 0.25) is 10.0 Å². The molecule has 0 heterocycles. The Balaban J connectivity index is 2.89. The molecular formula is C22H35N3O6S. The fourth-order valence-electron chi connectivity index (χ4n) is 2.91. The highest BCUT2D eigenvalue weighted by atomic mass is 32.2. The molecule has 0 bridgehead atoms. The number of nitrogens with one attached hydrogen (secondary N) is 2. The van der Waals surface area contributed by atoms with Gasteiger partial charge in [-0.25, -0.2) is 13.2 Å². The number of rotatable bonds is 13. The van der Waals surface area contributed by atoms with Crippen LogP contribution in [0.4, 0.5) is 0 Å². The van der Waals surface area contributed by atoms with E-state index >= 15 is 0 Å². The molecule has 1 rings (SSSR count). The van der Waals surface area contributed by atoms with E-state index in [4.69, 9.17) is 4.74 Å². The number of hydrogen-bond donors (Lipinski definition) is 2. The van der Waals surface area contributed by atoms with E-state index in [1.54, 1.807) is 27.7 Å². The van der Waals surface area contributed by atoms with Gasteiger partial charge in [-0.05, 0) is 30.5 Å². The Labute approximate surface area is 190 Å². The fourth-order valence-corrected chi connectivity index (χ4v) is 4.42. The lowest BCUT2D eigenvalue weighted by molar-refractivity contribution is -0.151. The summed E-state index contributed by atoms with van der Waals surface area (Å²) in [6.45, 7) is 9.62. The van der Waals surface area contributed by atoms with Crippen LogP contribution in [0.15, 0.2) is 29.2 Å². The maximum atomic E-state index is 12.8. The SMILES string of the molecule is CCCCNC(=O)COC(=O)[C@@H](NC(=O)c1cccc(S(=O)(=O)N(CC)CC)c1)C(C)C. The van der Waals surface area contributed by atoms with Crippen molar-refractivity contribution in [3.8, 4) is 0 Å². The van der Waals surface area contributed by atoms with Crippen LogP contribution in [0.2, 0.25) is 0 Å². The van der Waals surface area contributed by atoms with E-state index in [1.807, 2.05) is 6.92 Å². The van der Waals surface area contributed by atoms with Crippen LogP contribution in [0.25, 0.3) is 0 Å². The third kappa shape index (κ3) is 7.90. The van der Waals surface area contributed by atoms with E-state index < -0.39 is 40.5 Å². The number of hydrogen-bond acceptors (Lipinski definition) is 6. The summed E-state index contributed by atoms with van der Waals surface area (Å²) in [5, 5.41) is 5.24. The molecule has 0 aliphatic heterocycles. The Hall–Kier alpha value is -2.46. The van der Waals surface area contributed by atoms with E-state index in [9.17, 15) is 22.8 Å². The van der Waals surface area contributed by atoms with Crippen molar-refractivity contribution in [3.05, 3.63) is 29.8 Å². The lowest BCUT2D eigenvalue weighted by atomic mass is 10.0. The maximum Gasteiger partial charge on any atom is 0.329 e. The Bertz CT molecular complexity index is 881. The van der Waals surface area contributed by atoms with Gasteiger partial charge in [0.05, 0.1) is 4.90 Å². The van der Waals surface area contributed by atoms with Crippen molar-refractivity contribution in [3.63, 3.8) is 0 Å². The quantitative estimate of drug-likeness (QED) is 0.336. The Morgan fingerprint density at radius 3 is 2.31 bits per heavy atom. The molecule has 9 nitrogen and oxygen atoms in total. The van der Waals surface area contributed by atoms with Gasteiger partial charge in [0, 0.05) is 25.2 Å². The summed E-state index contributed by atoms with van der Waals surface area (Å²) in [6, 6.07) is 4.67. The first-order valence-corrected chi connectivity index (χ1v) is 12.4. The van der Waals surface area contributed by atoms with E-state index in [2.05, 4.69) is 10.6 Å². The number of carbonyl (C=O) groups is 3. The third-order valence-corrected chi connectivity index (χ3v) is 6.89. The molecule has 0 aromatic heterocycles. The van der Waals surface area contributed by atoms with Crippen molar-refractivity contribution in [2.75, 3.05) is 26.2 Å². The van der Waals surface area contributed by atoms with Gasteiger partial charge in [-0.1, -0.05) is 47.1 Å². The highest BCUT2D eigenvalue weighted by Crippen LogP contribution is 2.17. The molecule has 0 aliphatic rings. The monoisotopic (exact) mass is 469 g/mol. The first-order chi connectivity index (χ1) is 15.1. The van der Waals surface area contributed by atoms with E-state index in [0.29, 0.717) is 19.6 Å². The van der Waals surface area contributed by atoms with Crippen LogP contribution in [0, 0.1) is 5.92 Å². The van der Waals surface area contributed by atoms with Gasteiger partial charge in [-0.3, -0.25) is 9.59 Å². The van der Waals surface area contributed by atoms with Crippen LogP contribution in [-0.2, 0) is 24.3 Å². The van der Waals surface area contributed by atoms with E-state index in [0.717, 1.165) is 12.8 Å². The van der Waals surface area contributed by atoms with Crippen LogP contribution in [0.1, 0.15) is 57.8 Å². The standard InChI is InChI=1S/C22H35N3O6S/c1-6-9-13-23-19(26)15-31-22(28)20(16(4)5)24-21(27)17-11-10-12-18(14-17)32(29,30)25(7-2)8-3/h10-12,14,16,20H,6-9,13,15H2,1-5H3,(H,23,26)(H,24,27)/t20-/m0/s1. The van der Waals surface area contributed by atoms with Gasteiger partial charge in [0.1, 0.15) is 6.04 Å². The van der Waals surface area contributed by atoms with Crippen LogP contribution in [-0.4, -0.2) is 62.8 Å². The second-order valence-electron chi connectivity index (χ2n) is 7.62. The lowest BCUT2D eigenvalue weighted by Gasteiger charge is -2.21. The van der Waals surface area contributed by atoms with Gasteiger partial charge in [0.15, 0.2) is 6.61 Å². The fraction of sp³-hybridized carbons (Fsp3) is 0.591. The van der Waals surface area contributed by atoms with Crippen molar-refractivity contribution in [1.82, 2.24) is 14.9 Å². The number of sulfonamides is 1. The normalized spacial score (nSPS) is 12.5. The molecule has 0 aliphatic carbocycles. The summed E-state index contributed by atoms with van der Waals surface area (Å²) in [4.78, 5) is 37.0. The molecule has 180 valence electrons. The average molecular weight is 470 g/mol. The van der Waals surface area contributed by atoms with Crippen molar-refractivity contribution < 1.29 is 27.5 Å². The molecule has 0 radical (unpaired) electrons. The Morgan fingerprint density at radius 2 is 1.75 bits per heavy atom. The van der Waals surface area contributed by atoms with Crippen molar-refractivity contribution in [2.45, 2.75) is 58.4 Å². The molecule has 1 aromatic carbocycles. The summed E-state index contributed by atoms with van der Waals surface area (Å²) in [5.74, 6) is -2.05. The van der Waals surface area contributed by atoms with Crippen LogP contribution in [0.3, 0.4) is 0 Å². The second-order valence-corrected chi connectivity index (χ2v) is 9.56. The first-order valence-electron chi connectivity index (χ1n) is 10.9. The zero-order valence-corrected chi connectivity index (χ0v) is 20.3. The second kappa shape index (κ2) is 13.2. The number of carbonyl (C=O) groups excluding carboxylic acids is 3. The van der Waals surface area contributed by atoms with Gasteiger partial charge < -0.3 is 15.4 Å². The molecular weight excluding hydrogens is 434 g/mol. The summed E-state index contributed by atoms with van der Waals surface area (Å²) < 4.78 is 31.8. The predicted octanol–water partition coefficient (Wildman–Crippen LogP) is 1.93. The van der Waals surface area contributed by atoms with E-state index in [-0.39, 0.29) is 16.4 Å². The van der Waals surface area contributed by atoms with Crippen molar-refractivity contribution in [2.24, 2.45) is 5.92 Å². The van der Waals surface area contributed by atoms with Crippen molar-refractivity contribution in [1.29, 1.82) is 0 Å². The van der Waals surface area contributed by atoms with Crippen LogP contribution in [0.5, 0.6) is 0 Å². The number of benzene rings is 1. The zero-order valence-electron chi connectivity index (χ0n) is 19.5. The summed E-state index contributed by atoms with van der Waals surface area (Å²) in [6.07, 6.45) is 1.76. The number of unbranched alkanes of at least 4 members (excludes halogenated alkanes) is 1. The molecule has 0 saturated heterocycles. The molecule has 32 heavy (non-hydrogen) atoms. The molecule has 0 unspecified atom stereocenters. The number of esters is 1. The third-order valence-electron chi connectivity index (χ3n) is 4.84. The molecule has 1 aromatic rings. The Morgan fingerprint density at radius 1 is 1.09 bits per heavy atom. The van der Waals surface area contributed by atoms with Crippen LogP contribution < -0.4 is 10.6 Å². The summed E-state index contributed by atoms with van der Waals surface area (Å²) in [5.41, 5.74) is 0.106. The van der Waals surface area contributed by atoms with Gasteiger partial charge >= 0.3 is 5.97 Å². The molecule has 1 atom stereocenters. The predicted molar refractivity (Wildman–Crippen MR) is 122 cm³/mol. The molecule has 0 fully saturated rings. The minimum absolute atomic E-state index is 0.00118. The summed E-state index contributed by atoms with van der Waals surface area (Å²) in [7, 11) is -3.73. The molecule has 10 heteroatoms. The zero-order chi connectivity index (χ0) is 24.3.